The van der Waals surface area contributed by atoms with Crippen LogP contribution in [0.3, 0.4) is 0 Å². The van der Waals surface area contributed by atoms with Crippen molar-refractivity contribution < 1.29 is 18.8 Å². The van der Waals surface area contributed by atoms with Gasteiger partial charge in [0.1, 0.15) is 11.7 Å². The molecule has 6 heteroatoms. The van der Waals surface area contributed by atoms with E-state index in [0.717, 1.165) is 31.0 Å². The van der Waals surface area contributed by atoms with E-state index in [0.29, 0.717) is 5.92 Å². The SMILES string of the molecule is CC[Si](CC)(CC)O[C@@H]1C(=O)N(C(=O)OC(C)(C)C)[C@@H]1C1CC1. The molecule has 2 aliphatic rings. The fourth-order valence-electron chi connectivity index (χ4n) is 3.29. The lowest BCUT2D eigenvalue weighted by Crippen LogP contribution is -2.70. The van der Waals surface area contributed by atoms with Crippen molar-refractivity contribution >= 4 is 20.3 Å². The second-order valence-electron chi connectivity index (χ2n) is 7.80. The maximum Gasteiger partial charge on any atom is 0.417 e. The van der Waals surface area contributed by atoms with Crippen molar-refractivity contribution in [1.29, 1.82) is 0 Å². The molecule has 23 heavy (non-hydrogen) atoms. The van der Waals surface area contributed by atoms with Crippen LogP contribution in [-0.2, 0) is 14.0 Å². The third-order valence-electron chi connectivity index (χ3n) is 5.09. The van der Waals surface area contributed by atoms with Crippen LogP contribution in [0.4, 0.5) is 4.79 Å². The lowest BCUT2D eigenvalue weighted by atomic mass is 9.94. The number of rotatable bonds is 6. The summed E-state index contributed by atoms with van der Waals surface area (Å²) in [5.41, 5.74) is -0.591. The first-order valence-electron chi connectivity index (χ1n) is 8.92. The van der Waals surface area contributed by atoms with Crippen molar-refractivity contribution in [2.45, 2.75) is 90.3 Å². The first-order valence-corrected chi connectivity index (χ1v) is 11.4. The molecule has 5 nitrogen and oxygen atoms in total. The summed E-state index contributed by atoms with van der Waals surface area (Å²) < 4.78 is 11.8. The van der Waals surface area contributed by atoms with Gasteiger partial charge in [0, 0.05) is 0 Å². The predicted octanol–water partition coefficient (Wildman–Crippen LogP) is 3.93. The quantitative estimate of drug-likeness (QED) is 0.542. The number of hydrogen-bond acceptors (Lipinski definition) is 4. The Bertz CT molecular complexity index is 457. The number of amides is 2. The third kappa shape index (κ3) is 3.79. The van der Waals surface area contributed by atoms with Gasteiger partial charge in [0.05, 0.1) is 6.04 Å². The second kappa shape index (κ2) is 6.55. The summed E-state index contributed by atoms with van der Waals surface area (Å²) >= 11 is 0. The molecule has 0 aromatic heterocycles. The molecule has 1 aliphatic heterocycles. The normalized spacial score (nSPS) is 25.3. The molecule has 1 aliphatic carbocycles. The number of nitrogens with zero attached hydrogens (tertiary/aromatic N) is 1. The summed E-state index contributed by atoms with van der Waals surface area (Å²) in [6.07, 6.45) is 1.18. The molecule has 0 unspecified atom stereocenters. The van der Waals surface area contributed by atoms with E-state index in [4.69, 9.17) is 9.16 Å². The predicted molar refractivity (Wildman–Crippen MR) is 91.7 cm³/mol. The molecule has 0 N–H and O–H groups in total. The fourth-order valence-corrected chi connectivity index (χ4v) is 6.07. The molecule has 2 rings (SSSR count). The smallest absolute Gasteiger partial charge is 0.417 e. The van der Waals surface area contributed by atoms with E-state index in [1.807, 2.05) is 20.8 Å². The third-order valence-corrected chi connectivity index (χ3v) is 9.71. The molecule has 1 saturated carbocycles. The molecule has 0 aromatic carbocycles. The van der Waals surface area contributed by atoms with Gasteiger partial charge in [0.2, 0.25) is 0 Å². The maximum atomic E-state index is 12.6. The topological polar surface area (TPSA) is 55.8 Å². The highest BCUT2D eigenvalue weighted by Crippen LogP contribution is 2.45. The lowest BCUT2D eigenvalue weighted by molar-refractivity contribution is -0.163. The Hall–Kier alpha value is -0.883. The van der Waals surface area contributed by atoms with E-state index < -0.39 is 26.1 Å². The van der Waals surface area contributed by atoms with Gasteiger partial charge in [-0.3, -0.25) is 4.79 Å². The number of ether oxygens (including phenoxy) is 1. The average Bonchev–Trinajstić information content (AvgIpc) is 3.28. The number of β-lactam (4-membered cyclic amide) rings is 1. The largest absolute Gasteiger partial charge is 0.443 e. The van der Waals surface area contributed by atoms with Gasteiger partial charge in [-0.05, 0) is 57.7 Å². The highest BCUT2D eigenvalue weighted by Gasteiger charge is 2.59. The molecule has 0 aromatic rings. The van der Waals surface area contributed by atoms with Gasteiger partial charge < -0.3 is 9.16 Å². The maximum absolute atomic E-state index is 12.6. The van der Waals surface area contributed by atoms with Gasteiger partial charge in [0.15, 0.2) is 8.32 Å². The van der Waals surface area contributed by atoms with E-state index in [1.165, 1.54) is 4.90 Å². The second-order valence-corrected chi connectivity index (χ2v) is 12.5. The molecular formula is C17H31NO4Si. The van der Waals surface area contributed by atoms with Crippen LogP contribution in [0.2, 0.25) is 18.1 Å². The molecule has 0 bridgehead atoms. The zero-order chi connectivity index (χ0) is 17.4. The van der Waals surface area contributed by atoms with Crippen molar-refractivity contribution in [3.63, 3.8) is 0 Å². The highest BCUT2D eigenvalue weighted by molar-refractivity contribution is 6.73. The van der Waals surface area contributed by atoms with E-state index in [-0.39, 0.29) is 11.9 Å². The van der Waals surface area contributed by atoms with E-state index in [1.54, 1.807) is 0 Å². The van der Waals surface area contributed by atoms with Gasteiger partial charge in [-0.25, -0.2) is 9.69 Å². The summed E-state index contributed by atoms with van der Waals surface area (Å²) in [4.78, 5) is 26.2. The summed E-state index contributed by atoms with van der Waals surface area (Å²) in [5, 5.41) is 0. The lowest BCUT2D eigenvalue weighted by Gasteiger charge is -2.48. The van der Waals surface area contributed by atoms with Gasteiger partial charge in [-0.2, -0.15) is 0 Å². The average molecular weight is 342 g/mol. The molecule has 2 atom stereocenters. The highest BCUT2D eigenvalue weighted by atomic mass is 28.4. The van der Waals surface area contributed by atoms with Gasteiger partial charge in [-0.15, -0.1) is 0 Å². The Kier molecular flexibility index (Phi) is 5.26. The van der Waals surface area contributed by atoms with Crippen molar-refractivity contribution in [1.82, 2.24) is 4.90 Å². The van der Waals surface area contributed by atoms with Crippen LogP contribution >= 0.6 is 0 Å². The molecule has 1 heterocycles. The number of hydrogen-bond donors (Lipinski definition) is 0. The Balaban J connectivity index is 2.11. The number of imide groups is 1. The van der Waals surface area contributed by atoms with Crippen LogP contribution in [0.5, 0.6) is 0 Å². The Morgan fingerprint density at radius 1 is 1.17 bits per heavy atom. The summed E-state index contributed by atoms with van der Waals surface area (Å²) in [6, 6.07) is 2.91. The summed E-state index contributed by atoms with van der Waals surface area (Å²) in [6.45, 7) is 11.9. The molecule has 2 amide bonds. The Morgan fingerprint density at radius 3 is 2.09 bits per heavy atom. The zero-order valence-electron chi connectivity index (χ0n) is 15.3. The first kappa shape index (κ1) is 18.5. The van der Waals surface area contributed by atoms with Gasteiger partial charge in [-0.1, -0.05) is 20.8 Å². The van der Waals surface area contributed by atoms with Gasteiger partial charge >= 0.3 is 6.09 Å². The van der Waals surface area contributed by atoms with Crippen molar-refractivity contribution in [2.75, 3.05) is 0 Å². The minimum Gasteiger partial charge on any atom is -0.443 e. The van der Waals surface area contributed by atoms with E-state index >= 15 is 0 Å². The fraction of sp³-hybridized carbons (Fsp3) is 0.882. The number of carbonyl (C=O) groups is 2. The zero-order valence-corrected chi connectivity index (χ0v) is 16.3. The standard InChI is InChI=1S/C17H31NO4Si/c1-7-23(8-2,9-3)22-14-13(12-10-11-12)18(15(14)19)16(20)21-17(4,5)6/h12-14H,7-11H2,1-6H3/t13-,14+/m1/s1. The minimum atomic E-state index is -1.86. The van der Waals surface area contributed by atoms with Crippen LogP contribution in [-0.4, -0.2) is 43.0 Å². The van der Waals surface area contributed by atoms with Crippen LogP contribution in [0.15, 0.2) is 0 Å². The van der Waals surface area contributed by atoms with E-state index in [9.17, 15) is 9.59 Å². The number of likely N-dealkylation sites (tertiary alicyclic amines) is 1. The molecule has 2 fully saturated rings. The molecule has 1 saturated heterocycles. The molecule has 0 spiro atoms. The van der Waals surface area contributed by atoms with Crippen molar-refractivity contribution in [3.05, 3.63) is 0 Å². The van der Waals surface area contributed by atoms with Crippen molar-refractivity contribution in [3.8, 4) is 0 Å². The molecule has 132 valence electrons. The summed E-state index contributed by atoms with van der Waals surface area (Å²) in [5.74, 6) is 0.186. The van der Waals surface area contributed by atoms with Crippen LogP contribution in [0, 0.1) is 5.92 Å². The monoisotopic (exact) mass is 341 g/mol. The Labute approximate surface area is 140 Å². The van der Waals surface area contributed by atoms with Crippen molar-refractivity contribution in [2.24, 2.45) is 5.92 Å². The molecule has 0 radical (unpaired) electrons. The van der Waals surface area contributed by atoms with Gasteiger partial charge in [0.25, 0.3) is 5.91 Å². The first-order chi connectivity index (χ1) is 10.7. The molecular weight excluding hydrogens is 310 g/mol. The van der Waals surface area contributed by atoms with Crippen LogP contribution in [0.25, 0.3) is 0 Å². The van der Waals surface area contributed by atoms with E-state index in [2.05, 4.69) is 20.8 Å². The van der Waals surface area contributed by atoms with Crippen LogP contribution in [0.1, 0.15) is 54.4 Å². The number of carbonyl (C=O) groups excluding carboxylic acids is 2. The Morgan fingerprint density at radius 2 is 1.70 bits per heavy atom. The minimum absolute atomic E-state index is 0.117. The van der Waals surface area contributed by atoms with Crippen LogP contribution < -0.4 is 0 Å². The summed E-state index contributed by atoms with van der Waals surface area (Å²) in [7, 11) is -1.86.